The van der Waals surface area contributed by atoms with E-state index in [-0.39, 0.29) is 12.0 Å². The van der Waals surface area contributed by atoms with E-state index in [9.17, 15) is 19.8 Å². The number of benzene rings is 1. The highest BCUT2D eigenvalue weighted by molar-refractivity contribution is 5.95. The van der Waals surface area contributed by atoms with E-state index in [1.807, 2.05) is 0 Å². The highest BCUT2D eigenvalue weighted by atomic mass is 16.4. The van der Waals surface area contributed by atoms with E-state index in [1.54, 1.807) is 0 Å². The number of carbonyl (C=O) groups is 2. The minimum Gasteiger partial charge on any atom is -0.507 e. The molecule has 0 saturated carbocycles. The Bertz CT molecular complexity index is 423. The van der Waals surface area contributed by atoms with E-state index < -0.39 is 28.8 Å². The van der Waals surface area contributed by atoms with Gasteiger partial charge in [-0.2, -0.15) is 0 Å². The van der Waals surface area contributed by atoms with Crippen LogP contribution in [-0.4, -0.2) is 32.7 Å². The minimum absolute atomic E-state index is 0.222. The summed E-state index contributed by atoms with van der Waals surface area (Å²) in [5.41, 5.74) is -0.954. The molecule has 0 aromatic heterocycles. The molecule has 0 unspecified atom stereocenters. The van der Waals surface area contributed by atoms with Gasteiger partial charge in [0.1, 0.15) is 29.1 Å². The van der Waals surface area contributed by atoms with Crippen molar-refractivity contribution in [3.63, 3.8) is 0 Å². The van der Waals surface area contributed by atoms with Gasteiger partial charge in [-0.15, -0.1) is 0 Å². The van der Waals surface area contributed by atoms with Gasteiger partial charge in [-0.1, -0.05) is 0 Å². The maximum atomic E-state index is 10.6. The Morgan fingerprint density at radius 3 is 2.33 bits per heavy atom. The quantitative estimate of drug-likeness (QED) is 0.533. The van der Waals surface area contributed by atoms with Crippen LogP contribution in [0.4, 0.5) is 0 Å². The minimum atomic E-state index is -1.54. The third-order valence-corrected chi connectivity index (χ3v) is 1.86. The summed E-state index contributed by atoms with van der Waals surface area (Å²) in [6.45, 7) is 0. The standard InChI is InChI=1S/C9H8O6/c10-2-1-4-5(11)3-6(12)7(8(4)13)9(14)15/h2-3,11-13H,1H2,(H,14,15). The van der Waals surface area contributed by atoms with Crippen molar-refractivity contribution in [2.24, 2.45) is 0 Å². The van der Waals surface area contributed by atoms with Gasteiger partial charge in [0.15, 0.2) is 0 Å². The molecule has 6 heteroatoms. The predicted molar refractivity (Wildman–Crippen MR) is 48.2 cm³/mol. The van der Waals surface area contributed by atoms with Gasteiger partial charge in [0.05, 0.1) is 0 Å². The lowest BCUT2D eigenvalue weighted by molar-refractivity contribution is -0.107. The summed E-state index contributed by atoms with van der Waals surface area (Å²) in [6, 6.07) is 0.766. The maximum Gasteiger partial charge on any atom is 0.343 e. The van der Waals surface area contributed by atoms with Crippen molar-refractivity contribution in [3.05, 3.63) is 17.2 Å². The van der Waals surface area contributed by atoms with Gasteiger partial charge in [0.2, 0.25) is 0 Å². The highest BCUT2D eigenvalue weighted by Crippen LogP contribution is 2.37. The van der Waals surface area contributed by atoms with Crippen molar-refractivity contribution in [2.45, 2.75) is 6.42 Å². The second kappa shape index (κ2) is 3.87. The number of phenols is 3. The fourth-order valence-corrected chi connectivity index (χ4v) is 1.18. The van der Waals surface area contributed by atoms with Crippen LogP contribution in [0.5, 0.6) is 17.2 Å². The zero-order chi connectivity index (χ0) is 11.6. The summed E-state index contributed by atoms with van der Waals surface area (Å²) in [5.74, 6) is -3.63. The van der Waals surface area contributed by atoms with Crippen molar-refractivity contribution < 1.29 is 30.0 Å². The van der Waals surface area contributed by atoms with Gasteiger partial charge in [-0.25, -0.2) is 4.79 Å². The van der Waals surface area contributed by atoms with Crippen LogP contribution in [0.15, 0.2) is 6.07 Å². The van der Waals surface area contributed by atoms with Crippen LogP contribution >= 0.6 is 0 Å². The Morgan fingerprint density at radius 1 is 1.27 bits per heavy atom. The average Bonchev–Trinajstić information content (AvgIpc) is 2.11. The molecule has 0 heterocycles. The van der Waals surface area contributed by atoms with Crippen LogP contribution in [0.3, 0.4) is 0 Å². The molecule has 0 aliphatic heterocycles. The SMILES string of the molecule is O=CCc1c(O)cc(O)c(C(=O)O)c1O. The summed E-state index contributed by atoms with van der Waals surface area (Å²) in [7, 11) is 0. The molecule has 0 saturated heterocycles. The molecule has 0 aliphatic carbocycles. The molecule has 1 aromatic carbocycles. The van der Waals surface area contributed by atoms with Gasteiger partial charge >= 0.3 is 5.97 Å². The monoisotopic (exact) mass is 212 g/mol. The Balaban J connectivity index is 3.48. The Hall–Kier alpha value is -2.24. The molecule has 0 atom stereocenters. The molecule has 0 spiro atoms. The van der Waals surface area contributed by atoms with Gasteiger partial charge in [-0.3, -0.25) is 0 Å². The van der Waals surface area contributed by atoms with Crippen LogP contribution in [0.25, 0.3) is 0 Å². The van der Waals surface area contributed by atoms with E-state index in [4.69, 9.17) is 10.2 Å². The number of carbonyl (C=O) groups excluding carboxylic acids is 1. The second-order valence-corrected chi connectivity index (χ2v) is 2.79. The van der Waals surface area contributed by atoms with E-state index in [2.05, 4.69) is 0 Å². The van der Waals surface area contributed by atoms with Crippen LogP contribution in [0.2, 0.25) is 0 Å². The lowest BCUT2D eigenvalue weighted by Crippen LogP contribution is -2.00. The molecule has 0 aliphatic rings. The van der Waals surface area contributed by atoms with Crippen LogP contribution in [-0.2, 0) is 11.2 Å². The van der Waals surface area contributed by atoms with E-state index >= 15 is 0 Å². The molecule has 0 bridgehead atoms. The molecule has 15 heavy (non-hydrogen) atoms. The third kappa shape index (κ3) is 1.83. The highest BCUT2D eigenvalue weighted by Gasteiger charge is 2.21. The number of carboxylic acids is 1. The van der Waals surface area contributed by atoms with Crippen LogP contribution in [0.1, 0.15) is 15.9 Å². The second-order valence-electron chi connectivity index (χ2n) is 2.79. The first-order valence-corrected chi connectivity index (χ1v) is 3.92. The van der Waals surface area contributed by atoms with E-state index in [0.717, 1.165) is 6.07 Å². The summed E-state index contributed by atoms with van der Waals surface area (Å²) in [6.07, 6.45) is 0.0652. The Kier molecular flexibility index (Phi) is 2.80. The Morgan fingerprint density at radius 2 is 1.87 bits per heavy atom. The number of aromatic hydroxyl groups is 3. The molecule has 1 rings (SSSR count). The lowest BCUT2D eigenvalue weighted by atomic mass is 10.0. The Labute approximate surface area is 84.0 Å². The number of carboxylic acid groups (broad SMARTS) is 1. The largest absolute Gasteiger partial charge is 0.507 e. The van der Waals surface area contributed by atoms with E-state index in [0.29, 0.717) is 6.29 Å². The number of aldehydes is 1. The molecule has 4 N–H and O–H groups in total. The molecule has 0 radical (unpaired) electrons. The first kappa shape index (κ1) is 10.8. The molecule has 1 aromatic rings. The topological polar surface area (TPSA) is 115 Å². The smallest absolute Gasteiger partial charge is 0.343 e. The molecule has 6 nitrogen and oxygen atoms in total. The van der Waals surface area contributed by atoms with E-state index in [1.165, 1.54) is 0 Å². The van der Waals surface area contributed by atoms with Gasteiger partial charge in [-0.05, 0) is 0 Å². The lowest BCUT2D eigenvalue weighted by Gasteiger charge is -2.08. The first-order chi connectivity index (χ1) is 6.99. The van der Waals surface area contributed by atoms with Crippen molar-refractivity contribution in [1.82, 2.24) is 0 Å². The van der Waals surface area contributed by atoms with Crippen LogP contribution < -0.4 is 0 Å². The summed E-state index contributed by atoms with van der Waals surface area (Å²) < 4.78 is 0. The van der Waals surface area contributed by atoms with Crippen molar-refractivity contribution in [1.29, 1.82) is 0 Å². The first-order valence-electron chi connectivity index (χ1n) is 3.92. The molecule has 0 fully saturated rings. The number of hydrogen-bond acceptors (Lipinski definition) is 5. The molecule has 0 amide bonds. The number of hydrogen-bond donors (Lipinski definition) is 4. The zero-order valence-corrected chi connectivity index (χ0v) is 7.47. The third-order valence-electron chi connectivity index (χ3n) is 1.86. The maximum absolute atomic E-state index is 10.6. The fourth-order valence-electron chi connectivity index (χ4n) is 1.18. The molecular weight excluding hydrogens is 204 g/mol. The van der Waals surface area contributed by atoms with Crippen LogP contribution in [0, 0.1) is 0 Å². The number of rotatable bonds is 3. The van der Waals surface area contributed by atoms with Gasteiger partial charge < -0.3 is 25.2 Å². The number of phenolic OH excluding ortho intramolecular Hbond substituents is 1. The fraction of sp³-hybridized carbons (Fsp3) is 0.111. The molecular formula is C9H8O6. The normalized spacial score (nSPS) is 9.87. The van der Waals surface area contributed by atoms with Crippen molar-refractivity contribution in [3.8, 4) is 17.2 Å². The average molecular weight is 212 g/mol. The van der Waals surface area contributed by atoms with Gasteiger partial charge in [0.25, 0.3) is 0 Å². The summed E-state index contributed by atoms with van der Waals surface area (Å²) in [5, 5.41) is 36.4. The van der Waals surface area contributed by atoms with Gasteiger partial charge in [0, 0.05) is 18.1 Å². The summed E-state index contributed by atoms with van der Waals surface area (Å²) >= 11 is 0. The predicted octanol–water partition coefficient (Wildman–Crippen LogP) is 0.243. The molecule has 80 valence electrons. The van der Waals surface area contributed by atoms with Crippen molar-refractivity contribution in [2.75, 3.05) is 0 Å². The van der Waals surface area contributed by atoms with Crippen molar-refractivity contribution >= 4 is 12.3 Å². The summed E-state index contributed by atoms with van der Waals surface area (Å²) in [4.78, 5) is 20.8. The zero-order valence-electron chi connectivity index (χ0n) is 7.47. The number of aromatic carboxylic acids is 1.